The molecule has 1 fully saturated rings. The summed E-state index contributed by atoms with van der Waals surface area (Å²) in [4.78, 5) is 5.15. The number of nitrogens with zero attached hydrogens (tertiary/aromatic N) is 2. The molecular formula is C13H29N3. The van der Waals surface area contributed by atoms with Gasteiger partial charge < -0.3 is 5.32 Å². The Hall–Kier alpha value is -0.120. The van der Waals surface area contributed by atoms with Gasteiger partial charge in [-0.25, -0.2) is 0 Å². The van der Waals surface area contributed by atoms with Gasteiger partial charge in [0.25, 0.3) is 0 Å². The Morgan fingerprint density at radius 3 is 2.31 bits per heavy atom. The number of rotatable bonds is 7. The van der Waals surface area contributed by atoms with Crippen molar-refractivity contribution >= 4 is 0 Å². The molecule has 0 spiro atoms. The van der Waals surface area contributed by atoms with Crippen molar-refractivity contribution in [3.8, 4) is 0 Å². The predicted octanol–water partition coefficient (Wildman–Crippen LogP) is 1.40. The number of nitrogens with one attached hydrogen (secondary N) is 1. The SMILES string of the molecule is CCCCNCCN1CCN(C(C)C)CC1. The van der Waals surface area contributed by atoms with Crippen LogP contribution in [0.5, 0.6) is 0 Å². The minimum atomic E-state index is 0.713. The summed E-state index contributed by atoms with van der Waals surface area (Å²) in [6.07, 6.45) is 2.60. The molecule has 1 N–H and O–H groups in total. The predicted molar refractivity (Wildman–Crippen MR) is 70.9 cm³/mol. The van der Waals surface area contributed by atoms with Crippen molar-refractivity contribution in [2.75, 3.05) is 45.8 Å². The van der Waals surface area contributed by atoms with Crippen molar-refractivity contribution in [3.63, 3.8) is 0 Å². The van der Waals surface area contributed by atoms with Crippen molar-refractivity contribution in [1.29, 1.82) is 0 Å². The molecule has 0 aromatic rings. The highest BCUT2D eigenvalue weighted by atomic mass is 15.3. The van der Waals surface area contributed by atoms with Gasteiger partial charge in [-0.05, 0) is 26.8 Å². The van der Waals surface area contributed by atoms with Crippen molar-refractivity contribution < 1.29 is 0 Å². The third-order valence-corrected chi connectivity index (χ3v) is 3.45. The van der Waals surface area contributed by atoms with E-state index in [-0.39, 0.29) is 0 Å². The Bertz CT molecular complexity index is 163. The van der Waals surface area contributed by atoms with Gasteiger partial charge in [-0.2, -0.15) is 0 Å². The smallest absolute Gasteiger partial charge is 0.0113 e. The highest BCUT2D eigenvalue weighted by Crippen LogP contribution is 2.04. The summed E-state index contributed by atoms with van der Waals surface area (Å²) in [5.74, 6) is 0. The van der Waals surface area contributed by atoms with Crippen molar-refractivity contribution in [1.82, 2.24) is 15.1 Å². The van der Waals surface area contributed by atoms with Crippen LogP contribution in [0, 0.1) is 0 Å². The van der Waals surface area contributed by atoms with Gasteiger partial charge in [0.2, 0.25) is 0 Å². The first-order chi connectivity index (χ1) is 7.74. The molecule has 3 nitrogen and oxygen atoms in total. The molecule has 0 aromatic carbocycles. The molecule has 16 heavy (non-hydrogen) atoms. The summed E-state index contributed by atoms with van der Waals surface area (Å²) in [6, 6.07) is 0.713. The molecule has 0 aliphatic carbocycles. The van der Waals surface area contributed by atoms with Gasteiger partial charge in [0.15, 0.2) is 0 Å². The van der Waals surface area contributed by atoms with E-state index in [2.05, 4.69) is 35.9 Å². The molecular weight excluding hydrogens is 198 g/mol. The highest BCUT2D eigenvalue weighted by Gasteiger charge is 2.17. The second-order valence-corrected chi connectivity index (χ2v) is 5.07. The summed E-state index contributed by atoms with van der Waals surface area (Å²) in [5.41, 5.74) is 0. The second-order valence-electron chi connectivity index (χ2n) is 5.07. The van der Waals surface area contributed by atoms with Gasteiger partial charge in [0, 0.05) is 45.3 Å². The van der Waals surface area contributed by atoms with E-state index < -0.39 is 0 Å². The lowest BCUT2D eigenvalue weighted by molar-refractivity contribution is 0.109. The minimum absolute atomic E-state index is 0.713. The third kappa shape index (κ3) is 5.28. The summed E-state index contributed by atoms with van der Waals surface area (Å²) in [5, 5.41) is 3.51. The average Bonchev–Trinajstić information content (AvgIpc) is 2.29. The van der Waals surface area contributed by atoms with E-state index in [1.807, 2.05) is 0 Å². The van der Waals surface area contributed by atoms with Gasteiger partial charge in [0.1, 0.15) is 0 Å². The van der Waals surface area contributed by atoms with Crippen LogP contribution in [-0.2, 0) is 0 Å². The summed E-state index contributed by atoms with van der Waals surface area (Å²) >= 11 is 0. The lowest BCUT2D eigenvalue weighted by Gasteiger charge is -2.36. The van der Waals surface area contributed by atoms with Crippen LogP contribution in [0.2, 0.25) is 0 Å². The summed E-state index contributed by atoms with van der Waals surface area (Å²) in [7, 11) is 0. The van der Waals surface area contributed by atoms with Gasteiger partial charge in [0.05, 0.1) is 0 Å². The van der Waals surface area contributed by atoms with Crippen LogP contribution in [0.25, 0.3) is 0 Å². The molecule has 0 atom stereocenters. The molecule has 0 amide bonds. The zero-order chi connectivity index (χ0) is 11.8. The monoisotopic (exact) mass is 227 g/mol. The fraction of sp³-hybridized carbons (Fsp3) is 1.00. The van der Waals surface area contributed by atoms with Crippen LogP contribution in [0.1, 0.15) is 33.6 Å². The number of hydrogen-bond acceptors (Lipinski definition) is 3. The molecule has 0 radical (unpaired) electrons. The minimum Gasteiger partial charge on any atom is -0.315 e. The fourth-order valence-electron chi connectivity index (χ4n) is 2.17. The fourth-order valence-corrected chi connectivity index (χ4v) is 2.17. The maximum Gasteiger partial charge on any atom is 0.0113 e. The zero-order valence-electron chi connectivity index (χ0n) is 11.3. The first-order valence-electron chi connectivity index (χ1n) is 6.91. The van der Waals surface area contributed by atoms with Crippen LogP contribution < -0.4 is 5.32 Å². The molecule has 1 aliphatic rings. The average molecular weight is 227 g/mol. The van der Waals surface area contributed by atoms with E-state index in [1.54, 1.807) is 0 Å². The molecule has 0 unspecified atom stereocenters. The lowest BCUT2D eigenvalue weighted by Crippen LogP contribution is -2.50. The molecule has 1 rings (SSSR count). The number of unbranched alkanes of at least 4 members (excludes halogenated alkanes) is 1. The Morgan fingerprint density at radius 2 is 1.75 bits per heavy atom. The molecule has 3 heteroatoms. The summed E-state index contributed by atoms with van der Waals surface area (Å²) in [6.45, 7) is 15.4. The van der Waals surface area contributed by atoms with E-state index >= 15 is 0 Å². The Kier molecular flexibility index (Phi) is 7.01. The van der Waals surface area contributed by atoms with Crippen molar-refractivity contribution in [2.24, 2.45) is 0 Å². The van der Waals surface area contributed by atoms with Crippen molar-refractivity contribution in [2.45, 2.75) is 39.7 Å². The van der Waals surface area contributed by atoms with Gasteiger partial charge in [-0.3, -0.25) is 9.80 Å². The molecule has 0 bridgehead atoms. The van der Waals surface area contributed by atoms with Gasteiger partial charge in [-0.15, -0.1) is 0 Å². The Labute approximate surface area is 101 Å². The second kappa shape index (κ2) is 8.04. The van der Waals surface area contributed by atoms with Crippen LogP contribution in [0.15, 0.2) is 0 Å². The largest absolute Gasteiger partial charge is 0.315 e. The Morgan fingerprint density at radius 1 is 1.06 bits per heavy atom. The normalized spacial score (nSPS) is 19.5. The summed E-state index contributed by atoms with van der Waals surface area (Å²) < 4.78 is 0. The Balaban J connectivity index is 1.99. The standard InChI is InChI=1S/C13H29N3/c1-4-5-6-14-7-8-15-9-11-16(12-10-15)13(2)3/h13-14H,4-12H2,1-3H3. The maximum atomic E-state index is 3.51. The van der Waals surface area contributed by atoms with E-state index in [4.69, 9.17) is 0 Å². The van der Waals surface area contributed by atoms with E-state index in [0.29, 0.717) is 6.04 Å². The van der Waals surface area contributed by atoms with Crippen molar-refractivity contribution in [3.05, 3.63) is 0 Å². The van der Waals surface area contributed by atoms with Crippen LogP contribution >= 0.6 is 0 Å². The quantitative estimate of drug-likeness (QED) is 0.663. The first kappa shape index (κ1) is 13.9. The van der Waals surface area contributed by atoms with E-state index in [1.165, 1.54) is 52.1 Å². The molecule has 1 heterocycles. The molecule has 1 saturated heterocycles. The first-order valence-corrected chi connectivity index (χ1v) is 6.91. The van der Waals surface area contributed by atoms with Gasteiger partial charge in [-0.1, -0.05) is 13.3 Å². The molecule has 0 saturated carbocycles. The molecule has 1 aliphatic heterocycles. The van der Waals surface area contributed by atoms with Crippen LogP contribution in [-0.4, -0.2) is 61.7 Å². The molecule has 0 aromatic heterocycles. The lowest BCUT2D eigenvalue weighted by atomic mass is 10.2. The number of hydrogen-bond donors (Lipinski definition) is 1. The molecule has 96 valence electrons. The zero-order valence-corrected chi connectivity index (χ0v) is 11.3. The maximum absolute atomic E-state index is 3.51. The highest BCUT2D eigenvalue weighted by molar-refractivity contribution is 4.74. The van der Waals surface area contributed by atoms with E-state index in [0.717, 1.165) is 6.54 Å². The topological polar surface area (TPSA) is 18.5 Å². The van der Waals surface area contributed by atoms with Crippen LogP contribution in [0.4, 0.5) is 0 Å². The third-order valence-electron chi connectivity index (χ3n) is 3.45. The van der Waals surface area contributed by atoms with Gasteiger partial charge >= 0.3 is 0 Å². The number of piperazine rings is 1. The van der Waals surface area contributed by atoms with E-state index in [9.17, 15) is 0 Å². The van der Waals surface area contributed by atoms with Crippen LogP contribution in [0.3, 0.4) is 0 Å².